The maximum Gasteiger partial charge on any atom is 0.128 e. The predicted octanol–water partition coefficient (Wildman–Crippen LogP) is 4.85. The number of thiophene rings is 1. The van der Waals surface area contributed by atoms with Gasteiger partial charge in [-0.05, 0) is 51.5 Å². The molecule has 0 aliphatic carbocycles. The lowest BCUT2D eigenvalue weighted by Crippen LogP contribution is -2.31. The fourth-order valence-electron chi connectivity index (χ4n) is 3.09. The molecule has 0 unspecified atom stereocenters. The Kier molecular flexibility index (Phi) is 4.57. The zero-order chi connectivity index (χ0) is 16.5. The Hall–Kier alpha value is -1.43. The summed E-state index contributed by atoms with van der Waals surface area (Å²) in [6.45, 7) is 4.37. The fourth-order valence-corrected chi connectivity index (χ4v) is 5.47. The molecule has 3 heterocycles. The highest BCUT2D eigenvalue weighted by atomic mass is 32.2. The van der Waals surface area contributed by atoms with Crippen LogP contribution in [0.25, 0.3) is 20.7 Å². The summed E-state index contributed by atoms with van der Waals surface area (Å²) in [5.74, 6) is 0.874. The SMILES string of the molecule is Cc1nc(SC2CCN(C)CC2)c2cc(-c3ccccc3)sc2n1. The highest BCUT2D eigenvalue weighted by Crippen LogP contribution is 2.39. The minimum Gasteiger partial charge on any atom is -0.306 e. The van der Waals surface area contributed by atoms with Gasteiger partial charge in [0.1, 0.15) is 15.7 Å². The van der Waals surface area contributed by atoms with Crippen molar-refractivity contribution in [3.63, 3.8) is 0 Å². The van der Waals surface area contributed by atoms with Crippen molar-refractivity contribution in [2.24, 2.45) is 0 Å². The van der Waals surface area contributed by atoms with E-state index in [2.05, 4.69) is 53.3 Å². The zero-order valence-corrected chi connectivity index (χ0v) is 15.7. The van der Waals surface area contributed by atoms with Gasteiger partial charge in [0.25, 0.3) is 0 Å². The molecule has 0 N–H and O–H groups in total. The van der Waals surface area contributed by atoms with Gasteiger partial charge in [-0.15, -0.1) is 23.1 Å². The van der Waals surface area contributed by atoms with E-state index in [4.69, 9.17) is 4.98 Å². The van der Waals surface area contributed by atoms with Crippen molar-refractivity contribution in [1.82, 2.24) is 14.9 Å². The molecule has 0 amide bonds. The summed E-state index contributed by atoms with van der Waals surface area (Å²) in [7, 11) is 2.21. The number of nitrogens with zero attached hydrogens (tertiary/aromatic N) is 3. The summed E-state index contributed by atoms with van der Waals surface area (Å²) in [5, 5.41) is 3.04. The summed E-state index contributed by atoms with van der Waals surface area (Å²) in [4.78, 5) is 14.2. The molecule has 3 aromatic rings. The minimum absolute atomic E-state index is 0.666. The van der Waals surface area contributed by atoms with Crippen LogP contribution < -0.4 is 0 Å². The summed E-state index contributed by atoms with van der Waals surface area (Å²) >= 11 is 3.72. The summed E-state index contributed by atoms with van der Waals surface area (Å²) in [6, 6.07) is 12.8. The van der Waals surface area contributed by atoms with Gasteiger partial charge in [0.05, 0.1) is 0 Å². The van der Waals surface area contributed by atoms with E-state index in [1.165, 1.54) is 41.8 Å². The van der Waals surface area contributed by atoms with E-state index in [1.54, 1.807) is 11.3 Å². The number of aromatic nitrogens is 2. The molecular formula is C19H21N3S2. The standard InChI is InChI=1S/C19H21N3S2/c1-13-20-18(23-15-8-10-22(2)11-9-15)16-12-17(24-19(16)21-13)14-6-4-3-5-7-14/h3-7,12,15H,8-11H2,1-2H3. The van der Waals surface area contributed by atoms with Gasteiger partial charge in [-0.1, -0.05) is 30.3 Å². The Morgan fingerprint density at radius 3 is 2.62 bits per heavy atom. The summed E-state index contributed by atoms with van der Waals surface area (Å²) in [5.41, 5.74) is 1.26. The number of piperidine rings is 1. The minimum atomic E-state index is 0.666. The average Bonchev–Trinajstić information content (AvgIpc) is 3.02. The van der Waals surface area contributed by atoms with Crippen molar-refractivity contribution in [2.45, 2.75) is 30.0 Å². The number of hydrogen-bond acceptors (Lipinski definition) is 5. The van der Waals surface area contributed by atoms with Crippen LogP contribution in [0.1, 0.15) is 18.7 Å². The van der Waals surface area contributed by atoms with Crippen LogP contribution in [0, 0.1) is 6.92 Å². The molecule has 1 fully saturated rings. The van der Waals surface area contributed by atoms with E-state index in [0.717, 1.165) is 15.7 Å². The fraction of sp³-hybridized carbons (Fsp3) is 0.368. The third kappa shape index (κ3) is 3.34. The van der Waals surface area contributed by atoms with Crippen LogP contribution in [-0.4, -0.2) is 40.3 Å². The Morgan fingerprint density at radius 2 is 1.88 bits per heavy atom. The molecule has 1 saturated heterocycles. The van der Waals surface area contributed by atoms with Gasteiger partial charge < -0.3 is 4.90 Å². The summed E-state index contributed by atoms with van der Waals surface area (Å²) in [6.07, 6.45) is 2.47. The second-order valence-corrected chi connectivity index (χ2v) is 8.71. The van der Waals surface area contributed by atoms with Crippen LogP contribution in [0.2, 0.25) is 0 Å². The molecule has 0 spiro atoms. The van der Waals surface area contributed by atoms with Gasteiger partial charge in [0, 0.05) is 15.5 Å². The van der Waals surface area contributed by atoms with Crippen molar-refractivity contribution in [2.75, 3.05) is 20.1 Å². The molecule has 0 saturated carbocycles. The molecule has 4 rings (SSSR count). The monoisotopic (exact) mass is 355 g/mol. The van der Waals surface area contributed by atoms with Gasteiger partial charge >= 0.3 is 0 Å². The summed E-state index contributed by atoms with van der Waals surface area (Å²) < 4.78 is 0. The molecule has 124 valence electrons. The lowest BCUT2D eigenvalue weighted by molar-refractivity contribution is 0.282. The van der Waals surface area contributed by atoms with Crippen molar-refractivity contribution in [1.29, 1.82) is 0 Å². The second kappa shape index (κ2) is 6.82. The van der Waals surface area contributed by atoms with Crippen LogP contribution >= 0.6 is 23.1 Å². The Labute approximate surface area is 151 Å². The molecule has 3 nitrogen and oxygen atoms in total. The normalized spacial score (nSPS) is 16.8. The van der Waals surface area contributed by atoms with E-state index < -0.39 is 0 Å². The van der Waals surface area contributed by atoms with Crippen molar-refractivity contribution in [3.05, 3.63) is 42.2 Å². The first-order chi connectivity index (χ1) is 11.7. The zero-order valence-electron chi connectivity index (χ0n) is 14.0. The molecule has 5 heteroatoms. The Balaban J connectivity index is 1.68. The number of rotatable bonds is 3. The maximum absolute atomic E-state index is 4.77. The van der Waals surface area contributed by atoms with Gasteiger partial charge in [0.2, 0.25) is 0 Å². The molecule has 1 aliphatic rings. The number of fused-ring (bicyclic) bond motifs is 1. The number of likely N-dealkylation sites (tertiary alicyclic amines) is 1. The van der Waals surface area contributed by atoms with Crippen molar-refractivity contribution in [3.8, 4) is 10.4 Å². The third-order valence-electron chi connectivity index (χ3n) is 4.47. The topological polar surface area (TPSA) is 29.0 Å². The first kappa shape index (κ1) is 16.1. The highest BCUT2D eigenvalue weighted by molar-refractivity contribution is 8.00. The van der Waals surface area contributed by atoms with Crippen LogP contribution in [0.3, 0.4) is 0 Å². The quantitative estimate of drug-likeness (QED) is 0.628. The largest absolute Gasteiger partial charge is 0.306 e. The van der Waals surface area contributed by atoms with Gasteiger partial charge in [0.15, 0.2) is 0 Å². The molecular weight excluding hydrogens is 334 g/mol. The first-order valence-electron chi connectivity index (χ1n) is 8.38. The van der Waals surface area contributed by atoms with Gasteiger partial charge in [-0.2, -0.15) is 0 Å². The molecule has 24 heavy (non-hydrogen) atoms. The van der Waals surface area contributed by atoms with Crippen LogP contribution in [0.5, 0.6) is 0 Å². The number of hydrogen-bond donors (Lipinski definition) is 0. The lowest BCUT2D eigenvalue weighted by atomic mass is 10.1. The van der Waals surface area contributed by atoms with Gasteiger partial charge in [-0.3, -0.25) is 0 Å². The van der Waals surface area contributed by atoms with E-state index in [9.17, 15) is 0 Å². The number of benzene rings is 1. The molecule has 2 aromatic heterocycles. The highest BCUT2D eigenvalue weighted by Gasteiger charge is 2.20. The van der Waals surface area contributed by atoms with E-state index in [0.29, 0.717) is 5.25 Å². The van der Waals surface area contributed by atoms with Gasteiger partial charge in [-0.25, -0.2) is 9.97 Å². The van der Waals surface area contributed by atoms with E-state index in [1.807, 2.05) is 18.7 Å². The molecule has 1 aliphatic heterocycles. The van der Waals surface area contributed by atoms with Crippen molar-refractivity contribution < 1.29 is 0 Å². The molecule has 0 radical (unpaired) electrons. The maximum atomic E-state index is 4.77. The Bertz CT molecular complexity index is 836. The second-order valence-electron chi connectivity index (χ2n) is 6.39. The third-order valence-corrected chi connectivity index (χ3v) is 6.89. The van der Waals surface area contributed by atoms with Crippen LogP contribution in [0.15, 0.2) is 41.4 Å². The predicted molar refractivity (Wildman–Crippen MR) is 104 cm³/mol. The number of aryl methyl sites for hydroxylation is 1. The van der Waals surface area contributed by atoms with E-state index in [-0.39, 0.29) is 0 Å². The average molecular weight is 356 g/mol. The number of thioether (sulfide) groups is 1. The molecule has 0 bridgehead atoms. The first-order valence-corrected chi connectivity index (χ1v) is 10.1. The molecule has 0 atom stereocenters. The smallest absolute Gasteiger partial charge is 0.128 e. The Morgan fingerprint density at radius 1 is 1.12 bits per heavy atom. The van der Waals surface area contributed by atoms with Crippen LogP contribution in [0.4, 0.5) is 0 Å². The lowest BCUT2D eigenvalue weighted by Gasteiger charge is -2.28. The van der Waals surface area contributed by atoms with Crippen molar-refractivity contribution >= 4 is 33.3 Å². The van der Waals surface area contributed by atoms with Crippen LogP contribution in [-0.2, 0) is 0 Å². The molecule has 1 aromatic carbocycles. The van der Waals surface area contributed by atoms with E-state index >= 15 is 0 Å².